The molecule has 3 aliphatic heterocycles. The van der Waals surface area contributed by atoms with E-state index >= 15 is 0 Å². The second-order valence-electron chi connectivity index (χ2n) is 6.06. The molecule has 0 spiro atoms. The van der Waals surface area contributed by atoms with Gasteiger partial charge in [-0.25, -0.2) is 0 Å². The highest BCUT2D eigenvalue weighted by molar-refractivity contribution is 5.95. The Hall–Kier alpha value is -2.36. The Bertz CT molecular complexity index is 695. The van der Waals surface area contributed by atoms with E-state index in [0.29, 0.717) is 30.3 Å². The van der Waals surface area contributed by atoms with Crippen LogP contribution in [0.1, 0.15) is 10.4 Å². The monoisotopic (exact) mass is 350 g/mol. The summed E-state index contributed by atoms with van der Waals surface area (Å²) in [5, 5.41) is 2.91. The van der Waals surface area contributed by atoms with Crippen molar-refractivity contribution in [3.05, 3.63) is 23.8 Å². The zero-order valence-corrected chi connectivity index (χ0v) is 13.3. The van der Waals surface area contributed by atoms with E-state index in [2.05, 4.69) is 5.32 Å². The Morgan fingerprint density at radius 1 is 1.16 bits per heavy atom. The molecule has 2 saturated heterocycles. The fourth-order valence-corrected chi connectivity index (χ4v) is 3.21. The molecular formula is C16H18N2O7. The molecule has 1 aromatic rings. The maximum absolute atomic E-state index is 12.5. The Morgan fingerprint density at radius 2 is 1.96 bits per heavy atom. The highest BCUT2D eigenvalue weighted by Crippen LogP contribution is 2.33. The summed E-state index contributed by atoms with van der Waals surface area (Å²) in [5.74, 6) is 0.367. The van der Waals surface area contributed by atoms with Crippen LogP contribution < -0.4 is 20.5 Å². The molecule has 4 atom stereocenters. The van der Waals surface area contributed by atoms with Crippen LogP contribution in [0, 0.1) is 0 Å². The smallest absolute Gasteiger partial charge is 0.251 e. The quantitative estimate of drug-likeness (QED) is 0.712. The largest absolute Gasteiger partial charge is 0.454 e. The van der Waals surface area contributed by atoms with Gasteiger partial charge in [-0.3, -0.25) is 9.59 Å². The van der Waals surface area contributed by atoms with Gasteiger partial charge in [-0.05, 0) is 18.2 Å². The number of hydrogen-bond acceptors (Lipinski definition) is 7. The van der Waals surface area contributed by atoms with E-state index < -0.39 is 5.91 Å². The number of ether oxygens (including phenoxy) is 5. The molecule has 3 N–H and O–H groups in total. The molecule has 134 valence electrons. The lowest BCUT2D eigenvalue weighted by molar-refractivity contribution is -0.126. The third-order valence-corrected chi connectivity index (χ3v) is 4.40. The van der Waals surface area contributed by atoms with Crippen molar-refractivity contribution in [1.82, 2.24) is 5.32 Å². The first kappa shape index (κ1) is 16.1. The predicted octanol–water partition coefficient (Wildman–Crippen LogP) is -0.818. The number of rotatable bonds is 5. The number of hydrogen-bond donors (Lipinski definition) is 2. The summed E-state index contributed by atoms with van der Waals surface area (Å²) in [7, 11) is 0. The van der Waals surface area contributed by atoms with Crippen LogP contribution in [0.2, 0.25) is 0 Å². The van der Waals surface area contributed by atoms with Gasteiger partial charge in [-0.15, -0.1) is 0 Å². The Morgan fingerprint density at radius 3 is 2.80 bits per heavy atom. The standard InChI is InChI=1S/C16H18N2O7/c17-13(19)6-21-12-5-23-14-9(4-22-15(12)14)18-16(20)8-1-2-10-11(3-8)25-7-24-10/h1-3,9,12,14-15H,4-7H2,(H2,17,19)(H,18,20). The van der Waals surface area contributed by atoms with Crippen molar-refractivity contribution in [3.63, 3.8) is 0 Å². The molecule has 0 bridgehead atoms. The molecule has 9 nitrogen and oxygen atoms in total. The van der Waals surface area contributed by atoms with Crippen molar-refractivity contribution < 1.29 is 33.3 Å². The molecule has 25 heavy (non-hydrogen) atoms. The molecule has 1 aromatic carbocycles. The highest BCUT2D eigenvalue weighted by Gasteiger charge is 2.48. The number of nitrogens with one attached hydrogen (secondary N) is 1. The van der Waals surface area contributed by atoms with Crippen LogP contribution in [0.4, 0.5) is 0 Å². The lowest BCUT2D eigenvalue weighted by Gasteiger charge is -2.18. The zero-order chi connectivity index (χ0) is 17.4. The van der Waals surface area contributed by atoms with Gasteiger partial charge >= 0.3 is 0 Å². The minimum absolute atomic E-state index is 0.154. The summed E-state index contributed by atoms with van der Waals surface area (Å²) in [4.78, 5) is 23.3. The molecule has 0 saturated carbocycles. The van der Waals surface area contributed by atoms with Crippen LogP contribution >= 0.6 is 0 Å². The van der Waals surface area contributed by atoms with Crippen molar-refractivity contribution in [3.8, 4) is 11.5 Å². The van der Waals surface area contributed by atoms with Crippen LogP contribution in [0.5, 0.6) is 11.5 Å². The van der Waals surface area contributed by atoms with E-state index in [1.165, 1.54) is 0 Å². The Labute approximate surface area is 143 Å². The number of nitrogens with two attached hydrogens (primary N) is 1. The molecule has 3 aliphatic rings. The number of primary amides is 1. The number of fused-ring (bicyclic) bond motifs is 2. The van der Waals surface area contributed by atoms with Gasteiger partial charge in [0.1, 0.15) is 24.9 Å². The number of benzene rings is 1. The van der Waals surface area contributed by atoms with Gasteiger partial charge < -0.3 is 34.7 Å². The van der Waals surface area contributed by atoms with Crippen LogP contribution in [0.3, 0.4) is 0 Å². The van der Waals surface area contributed by atoms with Crippen LogP contribution in [-0.2, 0) is 19.0 Å². The second kappa shape index (κ2) is 6.51. The van der Waals surface area contributed by atoms with Gasteiger partial charge in [0.25, 0.3) is 5.91 Å². The third kappa shape index (κ3) is 3.13. The van der Waals surface area contributed by atoms with E-state index in [-0.39, 0.29) is 43.7 Å². The van der Waals surface area contributed by atoms with Gasteiger partial charge in [0.05, 0.1) is 19.3 Å². The molecule has 0 aliphatic carbocycles. The Kier molecular flexibility index (Phi) is 4.20. The van der Waals surface area contributed by atoms with Crippen molar-refractivity contribution in [2.45, 2.75) is 24.4 Å². The van der Waals surface area contributed by atoms with E-state index in [1.807, 2.05) is 0 Å². The Balaban J connectivity index is 1.37. The molecule has 0 radical (unpaired) electrons. The second-order valence-corrected chi connectivity index (χ2v) is 6.06. The fourth-order valence-electron chi connectivity index (χ4n) is 3.21. The maximum atomic E-state index is 12.5. The predicted molar refractivity (Wildman–Crippen MR) is 82.2 cm³/mol. The van der Waals surface area contributed by atoms with E-state index in [4.69, 9.17) is 29.4 Å². The third-order valence-electron chi connectivity index (χ3n) is 4.40. The number of amides is 2. The first-order valence-corrected chi connectivity index (χ1v) is 7.95. The lowest BCUT2D eigenvalue weighted by atomic mass is 10.1. The average Bonchev–Trinajstić information content (AvgIpc) is 3.29. The molecule has 2 fully saturated rings. The van der Waals surface area contributed by atoms with Gasteiger partial charge in [0.15, 0.2) is 11.5 Å². The van der Waals surface area contributed by atoms with Gasteiger partial charge in [0, 0.05) is 5.56 Å². The summed E-state index contributed by atoms with van der Waals surface area (Å²) < 4.78 is 27.3. The van der Waals surface area contributed by atoms with Gasteiger partial charge in [-0.1, -0.05) is 0 Å². The minimum Gasteiger partial charge on any atom is -0.454 e. The van der Waals surface area contributed by atoms with Gasteiger partial charge in [0.2, 0.25) is 12.7 Å². The zero-order valence-electron chi connectivity index (χ0n) is 13.3. The van der Waals surface area contributed by atoms with E-state index in [0.717, 1.165) is 0 Å². The molecular weight excluding hydrogens is 332 g/mol. The van der Waals surface area contributed by atoms with Gasteiger partial charge in [-0.2, -0.15) is 0 Å². The SMILES string of the molecule is NC(=O)COC1COC2C(NC(=O)c3ccc4c(c3)OCO4)COC12. The number of carbonyl (C=O) groups is 2. The summed E-state index contributed by atoms with van der Waals surface area (Å²) in [6.07, 6.45) is -1.03. The average molecular weight is 350 g/mol. The first-order chi connectivity index (χ1) is 12.1. The first-order valence-electron chi connectivity index (χ1n) is 7.95. The van der Waals surface area contributed by atoms with Crippen molar-refractivity contribution in [2.75, 3.05) is 26.6 Å². The minimum atomic E-state index is -0.547. The van der Waals surface area contributed by atoms with Crippen LogP contribution in [-0.4, -0.2) is 62.8 Å². The number of carbonyl (C=O) groups excluding carboxylic acids is 2. The summed E-state index contributed by atoms with van der Waals surface area (Å²) >= 11 is 0. The normalized spacial score (nSPS) is 29.4. The molecule has 4 unspecified atom stereocenters. The fraction of sp³-hybridized carbons (Fsp3) is 0.500. The molecule has 2 amide bonds. The molecule has 4 rings (SSSR count). The molecule has 9 heteroatoms. The summed E-state index contributed by atoms with van der Waals surface area (Å²) in [6, 6.07) is 4.71. The van der Waals surface area contributed by atoms with Crippen LogP contribution in [0.25, 0.3) is 0 Å². The van der Waals surface area contributed by atoms with Crippen molar-refractivity contribution in [1.29, 1.82) is 0 Å². The van der Waals surface area contributed by atoms with E-state index in [1.54, 1.807) is 18.2 Å². The molecule has 3 heterocycles. The molecule has 0 aromatic heterocycles. The van der Waals surface area contributed by atoms with Crippen molar-refractivity contribution >= 4 is 11.8 Å². The lowest BCUT2D eigenvalue weighted by Crippen LogP contribution is -2.44. The summed E-state index contributed by atoms with van der Waals surface area (Å²) in [6.45, 7) is 0.567. The topological polar surface area (TPSA) is 118 Å². The van der Waals surface area contributed by atoms with Crippen LogP contribution in [0.15, 0.2) is 18.2 Å². The van der Waals surface area contributed by atoms with E-state index in [9.17, 15) is 9.59 Å². The van der Waals surface area contributed by atoms with Crippen molar-refractivity contribution in [2.24, 2.45) is 5.73 Å². The highest BCUT2D eigenvalue weighted by atomic mass is 16.7. The maximum Gasteiger partial charge on any atom is 0.251 e. The summed E-state index contributed by atoms with van der Waals surface area (Å²) in [5.41, 5.74) is 5.55.